The molecule has 0 aliphatic carbocycles. The second-order valence-electron chi connectivity index (χ2n) is 6.45. The summed E-state index contributed by atoms with van der Waals surface area (Å²) < 4.78 is 57.1. The van der Waals surface area contributed by atoms with Crippen molar-refractivity contribution in [3.8, 4) is 17.2 Å². The molecule has 6 nitrogen and oxygen atoms in total. The van der Waals surface area contributed by atoms with Gasteiger partial charge in [-0.25, -0.2) is 9.78 Å². The standard InChI is InChI=1S/C24H21NO5S/c1-15-19(25-23(30-15)16-6-4-3-5-7-16)10-12-29-20-9-8-17(14-21(28-2)24(26)27)22-18(20)11-13-31-22/h3-9,11,13-14H,10,12H2,1-2H3,(H,26,27)/b21-14-/i3D,4D,5D,6D,7D. The maximum Gasteiger partial charge on any atom is 0.371 e. The number of methoxy groups -OCH3 is 1. The van der Waals surface area contributed by atoms with Gasteiger partial charge >= 0.3 is 5.97 Å². The fourth-order valence-corrected chi connectivity index (χ4v) is 3.93. The molecule has 2 aromatic heterocycles. The number of benzene rings is 2. The van der Waals surface area contributed by atoms with Gasteiger partial charge in [-0.15, -0.1) is 11.3 Å². The van der Waals surface area contributed by atoms with E-state index in [9.17, 15) is 9.90 Å². The lowest BCUT2D eigenvalue weighted by Gasteiger charge is -2.09. The Morgan fingerprint density at radius 2 is 2.10 bits per heavy atom. The van der Waals surface area contributed by atoms with Gasteiger partial charge in [0.15, 0.2) is 0 Å². The third-order valence-corrected chi connectivity index (χ3v) is 5.49. The molecule has 158 valence electrons. The molecule has 0 aliphatic heterocycles. The van der Waals surface area contributed by atoms with Gasteiger partial charge in [0.2, 0.25) is 11.6 Å². The van der Waals surface area contributed by atoms with Crippen molar-refractivity contribution in [3.63, 3.8) is 0 Å². The van der Waals surface area contributed by atoms with E-state index in [4.69, 9.17) is 20.7 Å². The smallest absolute Gasteiger partial charge is 0.371 e. The number of carboxylic acid groups (broad SMARTS) is 1. The third-order valence-electron chi connectivity index (χ3n) is 4.53. The monoisotopic (exact) mass is 440 g/mol. The third kappa shape index (κ3) is 4.46. The summed E-state index contributed by atoms with van der Waals surface area (Å²) >= 11 is 1.45. The van der Waals surface area contributed by atoms with Crippen molar-refractivity contribution in [2.75, 3.05) is 13.7 Å². The van der Waals surface area contributed by atoms with Crippen LogP contribution in [0.2, 0.25) is 0 Å². The lowest BCUT2D eigenvalue weighted by molar-refractivity contribution is -0.135. The van der Waals surface area contributed by atoms with Crippen molar-refractivity contribution in [1.82, 2.24) is 4.98 Å². The van der Waals surface area contributed by atoms with Crippen LogP contribution in [0.4, 0.5) is 0 Å². The normalized spacial score (nSPS) is 13.9. The molecule has 0 radical (unpaired) electrons. The Balaban J connectivity index is 1.55. The van der Waals surface area contributed by atoms with E-state index in [0.29, 0.717) is 29.2 Å². The average Bonchev–Trinajstić information content (AvgIpc) is 3.48. The zero-order valence-electron chi connectivity index (χ0n) is 21.7. The fourth-order valence-electron chi connectivity index (χ4n) is 3.03. The van der Waals surface area contributed by atoms with Gasteiger partial charge in [0.1, 0.15) is 11.5 Å². The summed E-state index contributed by atoms with van der Waals surface area (Å²) in [5, 5.41) is 11.9. The first-order chi connectivity index (χ1) is 17.1. The van der Waals surface area contributed by atoms with E-state index in [1.807, 2.05) is 11.4 Å². The van der Waals surface area contributed by atoms with Crippen molar-refractivity contribution in [1.29, 1.82) is 0 Å². The number of aryl methyl sites for hydroxylation is 1. The van der Waals surface area contributed by atoms with Gasteiger partial charge in [-0.2, -0.15) is 0 Å². The number of thiophene rings is 1. The van der Waals surface area contributed by atoms with E-state index < -0.39 is 24.1 Å². The van der Waals surface area contributed by atoms with Crippen LogP contribution in [0, 0.1) is 6.92 Å². The number of aromatic nitrogens is 1. The van der Waals surface area contributed by atoms with Crippen LogP contribution in [0.1, 0.15) is 23.9 Å². The van der Waals surface area contributed by atoms with E-state index in [-0.39, 0.29) is 35.9 Å². The minimum atomic E-state index is -1.16. The van der Waals surface area contributed by atoms with E-state index in [1.54, 1.807) is 19.1 Å². The fraction of sp³-hybridized carbons (Fsp3) is 0.167. The van der Waals surface area contributed by atoms with Crippen molar-refractivity contribution in [3.05, 3.63) is 76.6 Å². The number of nitrogens with zero attached hydrogens (tertiary/aromatic N) is 1. The van der Waals surface area contributed by atoms with Gasteiger partial charge < -0.3 is 19.0 Å². The summed E-state index contributed by atoms with van der Waals surface area (Å²) in [6.45, 7) is 1.93. The van der Waals surface area contributed by atoms with E-state index in [2.05, 4.69) is 4.98 Å². The molecular formula is C24H21NO5S. The summed E-state index contributed by atoms with van der Waals surface area (Å²) in [6, 6.07) is 3.26. The molecule has 0 bridgehead atoms. The molecule has 7 heteroatoms. The Labute approximate surface area is 190 Å². The molecule has 4 rings (SSSR count). The van der Waals surface area contributed by atoms with Crippen LogP contribution in [0.5, 0.6) is 5.75 Å². The molecule has 0 amide bonds. The summed E-state index contributed by atoms with van der Waals surface area (Å²) in [5.74, 6) is -0.293. The molecule has 0 spiro atoms. The molecular weight excluding hydrogens is 414 g/mol. The van der Waals surface area contributed by atoms with Crippen LogP contribution in [0.15, 0.2) is 64.0 Å². The number of fused-ring (bicyclic) bond motifs is 1. The number of rotatable bonds is 8. The first kappa shape index (κ1) is 15.3. The average molecular weight is 441 g/mol. The maximum absolute atomic E-state index is 11.3. The number of ether oxygens (including phenoxy) is 2. The highest BCUT2D eigenvalue weighted by atomic mass is 32.1. The van der Waals surface area contributed by atoms with Crippen LogP contribution < -0.4 is 4.74 Å². The SMILES string of the molecule is [2H]c1c([2H])c([2H])c(-c2nc(CCOc3ccc(/C=C(\OC)C(=O)O)c4sccc34)c(C)o2)c([2H])c1[2H]. The summed E-state index contributed by atoms with van der Waals surface area (Å²) in [6.07, 6.45) is 1.82. The van der Waals surface area contributed by atoms with E-state index in [1.165, 1.54) is 24.5 Å². The van der Waals surface area contributed by atoms with Crippen molar-refractivity contribution < 1.29 is 30.6 Å². The highest BCUT2D eigenvalue weighted by Gasteiger charge is 2.14. The van der Waals surface area contributed by atoms with E-state index >= 15 is 0 Å². The van der Waals surface area contributed by atoms with Gasteiger partial charge in [-0.1, -0.05) is 18.1 Å². The predicted molar refractivity (Wildman–Crippen MR) is 120 cm³/mol. The first-order valence-electron chi connectivity index (χ1n) is 11.8. The Morgan fingerprint density at radius 1 is 1.29 bits per heavy atom. The Hall–Kier alpha value is -3.58. The molecule has 2 aromatic carbocycles. The topological polar surface area (TPSA) is 81.8 Å². The van der Waals surface area contributed by atoms with Crippen LogP contribution >= 0.6 is 11.3 Å². The first-order valence-corrected chi connectivity index (χ1v) is 10.2. The second kappa shape index (κ2) is 9.06. The number of oxazole rings is 1. The highest BCUT2D eigenvalue weighted by Crippen LogP contribution is 2.34. The lowest BCUT2D eigenvalue weighted by atomic mass is 10.1. The molecule has 0 saturated carbocycles. The van der Waals surface area contributed by atoms with E-state index in [0.717, 1.165) is 10.1 Å². The minimum Gasteiger partial charge on any atom is -0.493 e. The summed E-state index contributed by atoms with van der Waals surface area (Å²) in [4.78, 5) is 15.7. The van der Waals surface area contributed by atoms with Crippen LogP contribution in [0.3, 0.4) is 0 Å². The zero-order chi connectivity index (χ0) is 26.1. The largest absolute Gasteiger partial charge is 0.493 e. The maximum atomic E-state index is 11.3. The summed E-state index contributed by atoms with van der Waals surface area (Å²) in [5.41, 5.74) is 1.16. The second-order valence-corrected chi connectivity index (χ2v) is 7.37. The summed E-state index contributed by atoms with van der Waals surface area (Å²) in [7, 11) is 1.30. The molecule has 2 heterocycles. The van der Waals surface area contributed by atoms with Gasteiger partial charge in [-0.3, -0.25) is 0 Å². The van der Waals surface area contributed by atoms with Crippen molar-refractivity contribution in [2.24, 2.45) is 0 Å². The molecule has 0 atom stereocenters. The molecule has 0 fully saturated rings. The Bertz CT molecular complexity index is 1480. The predicted octanol–water partition coefficient (Wildman–Crippen LogP) is 5.56. The Morgan fingerprint density at radius 3 is 2.84 bits per heavy atom. The molecule has 0 unspecified atom stereocenters. The zero-order valence-corrected chi connectivity index (χ0v) is 17.6. The van der Waals surface area contributed by atoms with Gasteiger partial charge in [-0.05, 0) is 54.2 Å². The van der Waals surface area contributed by atoms with Gasteiger partial charge in [0.05, 0.1) is 26.3 Å². The molecule has 31 heavy (non-hydrogen) atoms. The molecule has 1 N–H and O–H groups in total. The van der Waals surface area contributed by atoms with Gasteiger partial charge in [0.25, 0.3) is 0 Å². The quantitative estimate of drug-likeness (QED) is 0.285. The van der Waals surface area contributed by atoms with Crippen molar-refractivity contribution >= 4 is 33.5 Å². The number of aliphatic carboxylic acids is 1. The highest BCUT2D eigenvalue weighted by molar-refractivity contribution is 7.17. The van der Waals surface area contributed by atoms with Crippen LogP contribution in [-0.2, 0) is 16.0 Å². The van der Waals surface area contributed by atoms with Gasteiger partial charge in [0, 0.05) is 22.1 Å². The Kier molecular flexibility index (Phi) is 4.46. The number of carboxylic acids is 1. The molecule has 4 aromatic rings. The van der Waals surface area contributed by atoms with Crippen molar-refractivity contribution in [2.45, 2.75) is 13.3 Å². The molecule has 0 aliphatic rings. The van der Waals surface area contributed by atoms with Crippen LogP contribution in [-0.4, -0.2) is 29.8 Å². The lowest BCUT2D eigenvalue weighted by Crippen LogP contribution is -2.03. The number of hydrogen-bond acceptors (Lipinski definition) is 6. The molecule has 0 saturated heterocycles. The van der Waals surface area contributed by atoms with Crippen LogP contribution in [0.25, 0.3) is 27.6 Å². The number of hydrogen-bond donors (Lipinski definition) is 1. The number of carbonyl (C=O) groups is 1. The minimum absolute atomic E-state index is 0.0387.